The molecular weight excluding hydrogens is 638 g/mol. The third-order valence-corrected chi connectivity index (χ3v) is 10.2. The lowest BCUT2D eigenvalue weighted by Gasteiger charge is -2.40. The number of amides is 1. The van der Waals surface area contributed by atoms with E-state index in [9.17, 15) is 9.90 Å². The van der Waals surface area contributed by atoms with Crippen molar-refractivity contribution in [2.75, 3.05) is 42.9 Å². The number of anilines is 2. The van der Waals surface area contributed by atoms with Crippen LogP contribution in [0.3, 0.4) is 0 Å². The molecule has 3 heterocycles. The highest BCUT2D eigenvalue weighted by molar-refractivity contribution is 5.90. The van der Waals surface area contributed by atoms with E-state index in [1.165, 1.54) is 70.6 Å². The summed E-state index contributed by atoms with van der Waals surface area (Å²) in [7, 11) is 0. The van der Waals surface area contributed by atoms with Gasteiger partial charge in [0.05, 0.1) is 18.8 Å². The topological polar surface area (TPSA) is 100 Å². The van der Waals surface area contributed by atoms with Crippen LogP contribution >= 0.6 is 0 Å². The summed E-state index contributed by atoms with van der Waals surface area (Å²) in [6.45, 7) is 6.62. The number of ether oxygens (including phenoxy) is 2. The number of carbonyl (C=O) groups excluding carboxylic acids is 1. The Bertz CT molecular complexity index is 1400. The molecule has 51 heavy (non-hydrogen) atoms. The summed E-state index contributed by atoms with van der Waals surface area (Å²) < 4.78 is 13.2. The van der Waals surface area contributed by atoms with E-state index < -0.39 is 6.29 Å². The molecule has 1 amide bonds. The van der Waals surface area contributed by atoms with Gasteiger partial charge in [0, 0.05) is 69.2 Å². The van der Waals surface area contributed by atoms with Crippen LogP contribution in [0.15, 0.2) is 67.0 Å². The quantitative estimate of drug-likeness (QED) is 0.107. The third-order valence-electron chi connectivity index (χ3n) is 10.2. The Morgan fingerprint density at radius 1 is 0.784 bits per heavy atom. The normalized spacial score (nSPS) is 19.6. The molecule has 5 rings (SSSR count). The first-order valence-electron chi connectivity index (χ1n) is 19.8. The highest BCUT2D eigenvalue weighted by Crippen LogP contribution is 2.39. The minimum absolute atomic E-state index is 0.0119. The molecule has 2 aliphatic rings. The fraction of sp³-hybridized carbons (Fsp3) is 0.595. The second kappa shape index (κ2) is 21.9. The van der Waals surface area contributed by atoms with Crippen molar-refractivity contribution in [2.45, 2.75) is 128 Å². The number of aliphatic hydroxyl groups excluding tert-OH is 1. The molecule has 0 saturated carbocycles. The molecule has 0 spiro atoms. The van der Waals surface area contributed by atoms with Crippen molar-refractivity contribution in [1.29, 1.82) is 0 Å². The smallest absolute Gasteiger partial charge is 0.225 e. The van der Waals surface area contributed by atoms with Crippen LogP contribution in [0.5, 0.6) is 0 Å². The summed E-state index contributed by atoms with van der Waals surface area (Å²) in [5.41, 5.74) is 3.60. The van der Waals surface area contributed by atoms with Crippen molar-refractivity contribution < 1.29 is 19.4 Å². The van der Waals surface area contributed by atoms with Crippen LogP contribution in [0.25, 0.3) is 0 Å². The van der Waals surface area contributed by atoms with Crippen LogP contribution in [0, 0.1) is 0 Å². The maximum absolute atomic E-state index is 12.9. The molecule has 2 aromatic carbocycles. The van der Waals surface area contributed by atoms with Crippen LogP contribution in [0.2, 0.25) is 0 Å². The molecule has 9 heteroatoms. The van der Waals surface area contributed by atoms with E-state index in [1.54, 1.807) is 12.4 Å². The molecule has 2 aliphatic heterocycles. The first kappa shape index (κ1) is 38.9. The van der Waals surface area contributed by atoms with E-state index >= 15 is 0 Å². The Balaban J connectivity index is 1.08. The van der Waals surface area contributed by atoms with E-state index in [0.29, 0.717) is 6.42 Å². The Hall–Kier alpha value is -3.37. The minimum Gasteiger partial charge on any atom is -0.392 e. The second-order valence-corrected chi connectivity index (χ2v) is 14.4. The molecule has 0 radical (unpaired) electrons. The second-order valence-electron chi connectivity index (χ2n) is 14.4. The van der Waals surface area contributed by atoms with E-state index in [0.717, 1.165) is 80.3 Å². The maximum Gasteiger partial charge on any atom is 0.225 e. The molecule has 2 N–H and O–H groups in total. The van der Waals surface area contributed by atoms with Gasteiger partial charge in [-0.1, -0.05) is 120 Å². The van der Waals surface area contributed by atoms with Gasteiger partial charge in [-0.3, -0.25) is 9.69 Å². The lowest BCUT2D eigenvalue weighted by Crippen LogP contribution is -2.50. The van der Waals surface area contributed by atoms with Crippen LogP contribution in [-0.4, -0.2) is 64.7 Å². The Morgan fingerprint density at radius 2 is 1.43 bits per heavy atom. The van der Waals surface area contributed by atoms with Crippen LogP contribution < -0.4 is 10.2 Å². The number of hydrogen-bond donors (Lipinski definition) is 2. The van der Waals surface area contributed by atoms with Gasteiger partial charge in [0.2, 0.25) is 11.9 Å². The predicted octanol–water partition coefficient (Wildman–Crippen LogP) is 8.76. The number of piperazine rings is 1. The van der Waals surface area contributed by atoms with E-state index in [-0.39, 0.29) is 24.7 Å². The average molecular weight is 700 g/mol. The van der Waals surface area contributed by atoms with Crippen molar-refractivity contribution in [3.8, 4) is 0 Å². The summed E-state index contributed by atoms with van der Waals surface area (Å²) in [6, 6.07) is 17.7. The molecule has 3 atom stereocenters. The number of benzene rings is 2. The number of aliphatic hydroxyl groups is 1. The number of nitrogens with zero attached hydrogens (tertiary/aromatic N) is 4. The Kier molecular flexibility index (Phi) is 16.7. The average Bonchev–Trinajstić information content (AvgIpc) is 3.17. The summed E-state index contributed by atoms with van der Waals surface area (Å²) in [5, 5.41) is 12.7. The van der Waals surface area contributed by atoms with Crippen molar-refractivity contribution in [3.63, 3.8) is 0 Å². The van der Waals surface area contributed by atoms with Crippen molar-refractivity contribution >= 4 is 17.5 Å². The predicted molar refractivity (Wildman–Crippen MR) is 204 cm³/mol. The number of aromatic nitrogens is 2. The van der Waals surface area contributed by atoms with Crippen molar-refractivity contribution in [3.05, 3.63) is 83.7 Å². The summed E-state index contributed by atoms with van der Waals surface area (Å²) in [5.74, 6) is 0.836. The molecule has 2 fully saturated rings. The molecular formula is C42H61N5O4. The SMILES string of the molecule is CCCCCCCCCCCCCCCC(=O)Nc1cccc(C2O[C@H](CN3CCN(c4ncccn4)CC3)C[C@H](c3ccc(CO)cc3)O2)c1. The Labute approximate surface area is 306 Å². The summed E-state index contributed by atoms with van der Waals surface area (Å²) in [6.07, 6.45) is 20.9. The zero-order chi connectivity index (χ0) is 35.5. The fourth-order valence-corrected chi connectivity index (χ4v) is 7.20. The van der Waals surface area contributed by atoms with Crippen LogP contribution in [-0.2, 0) is 20.9 Å². The number of rotatable bonds is 21. The molecule has 2 saturated heterocycles. The van der Waals surface area contributed by atoms with E-state index in [2.05, 4.69) is 32.0 Å². The Morgan fingerprint density at radius 3 is 2.08 bits per heavy atom. The molecule has 0 bridgehead atoms. The van der Waals surface area contributed by atoms with E-state index in [4.69, 9.17) is 9.47 Å². The molecule has 3 aromatic rings. The van der Waals surface area contributed by atoms with Gasteiger partial charge in [0.1, 0.15) is 0 Å². The van der Waals surface area contributed by atoms with Crippen molar-refractivity contribution in [2.24, 2.45) is 0 Å². The number of hydrogen-bond acceptors (Lipinski definition) is 8. The minimum atomic E-state index is -0.566. The van der Waals surface area contributed by atoms with Crippen LogP contribution in [0.1, 0.15) is 132 Å². The maximum atomic E-state index is 12.9. The van der Waals surface area contributed by atoms with Gasteiger partial charge in [-0.25, -0.2) is 9.97 Å². The van der Waals surface area contributed by atoms with Gasteiger partial charge >= 0.3 is 0 Å². The zero-order valence-electron chi connectivity index (χ0n) is 30.9. The lowest BCUT2D eigenvalue weighted by atomic mass is 9.99. The first-order chi connectivity index (χ1) is 25.1. The van der Waals surface area contributed by atoms with Gasteiger partial charge in [0.25, 0.3) is 0 Å². The van der Waals surface area contributed by atoms with Gasteiger partial charge < -0.3 is 24.8 Å². The van der Waals surface area contributed by atoms with Gasteiger partial charge in [-0.2, -0.15) is 0 Å². The molecule has 0 aliphatic carbocycles. The lowest BCUT2D eigenvalue weighted by molar-refractivity contribution is -0.253. The standard InChI is InChI=1S/C42H61N5O4/c1-2-3-4-5-6-7-8-9-10-11-12-13-14-19-40(49)45-37-18-15-17-36(30-37)41-50-38(31-39(51-41)35-22-20-34(33-48)21-23-35)32-46-26-28-47(29-27-46)42-43-24-16-25-44-42/h15-18,20-25,30,38-39,41,48H,2-14,19,26-29,31-33H2,1H3,(H,45,49)/t38-,39+,41?/m0/s1. The molecule has 1 aromatic heterocycles. The summed E-state index contributed by atoms with van der Waals surface area (Å²) in [4.78, 5) is 26.4. The van der Waals surface area contributed by atoms with Gasteiger partial charge in [0.15, 0.2) is 6.29 Å². The van der Waals surface area contributed by atoms with Gasteiger partial charge in [-0.05, 0) is 35.7 Å². The monoisotopic (exact) mass is 699 g/mol. The molecule has 278 valence electrons. The number of unbranched alkanes of at least 4 members (excludes halogenated alkanes) is 12. The highest BCUT2D eigenvalue weighted by Gasteiger charge is 2.34. The highest BCUT2D eigenvalue weighted by atomic mass is 16.7. The third kappa shape index (κ3) is 13.3. The molecule has 1 unspecified atom stereocenters. The number of carbonyl (C=O) groups is 1. The van der Waals surface area contributed by atoms with E-state index in [1.807, 2.05) is 54.6 Å². The first-order valence-corrected chi connectivity index (χ1v) is 19.8. The van der Waals surface area contributed by atoms with Gasteiger partial charge in [-0.15, -0.1) is 0 Å². The van der Waals surface area contributed by atoms with Crippen LogP contribution in [0.4, 0.5) is 11.6 Å². The summed E-state index contributed by atoms with van der Waals surface area (Å²) >= 11 is 0. The zero-order valence-corrected chi connectivity index (χ0v) is 30.9. The largest absolute Gasteiger partial charge is 0.392 e. The fourth-order valence-electron chi connectivity index (χ4n) is 7.20. The van der Waals surface area contributed by atoms with Crippen molar-refractivity contribution in [1.82, 2.24) is 14.9 Å². The molecule has 9 nitrogen and oxygen atoms in total. The number of nitrogens with one attached hydrogen (secondary N) is 1.